The van der Waals surface area contributed by atoms with E-state index in [2.05, 4.69) is 15.3 Å². The van der Waals surface area contributed by atoms with Gasteiger partial charge in [0.15, 0.2) is 0 Å². The molecule has 1 aromatic heterocycles. The van der Waals surface area contributed by atoms with Gasteiger partial charge in [0.25, 0.3) is 0 Å². The molecule has 0 bridgehead atoms. The van der Waals surface area contributed by atoms with Crippen LogP contribution in [-0.4, -0.2) is 21.0 Å². The molecule has 5 rings (SSSR count). The Morgan fingerprint density at radius 2 is 1.78 bits per heavy atom. The standard InChI is InChI=1S/C23H17F4N3O2/c24-10-5-16(26)21(17(27)6-10)11-1-3-15(25)22-12(11)2-4-18(22)30-20-9-28-19(8-29-20)13-7-14(13)23(31)32/h1,3,5-6,8-9,13-14,18H,2,4,7H2,(H,29,30)(H,31,32)/t13-,14-,18+/m0/s1. The normalized spacial score (nSPS) is 21.3. The molecule has 5 nitrogen and oxygen atoms in total. The molecule has 164 valence electrons. The van der Waals surface area contributed by atoms with Crippen LogP contribution in [0, 0.1) is 29.2 Å². The molecular weight excluding hydrogens is 426 g/mol. The lowest BCUT2D eigenvalue weighted by molar-refractivity contribution is -0.138. The predicted octanol–water partition coefficient (Wildman–Crippen LogP) is 4.99. The molecule has 1 heterocycles. The minimum Gasteiger partial charge on any atom is -0.481 e. The van der Waals surface area contributed by atoms with Crippen molar-refractivity contribution in [1.29, 1.82) is 0 Å². The Morgan fingerprint density at radius 1 is 1.03 bits per heavy atom. The third-order valence-electron chi connectivity index (χ3n) is 6.09. The zero-order chi connectivity index (χ0) is 22.6. The van der Waals surface area contributed by atoms with Gasteiger partial charge in [-0.05, 0) is 36.5 Å². The molecule has 3 atom stereocenters. The van der Waals surface area contributed by atoms with E-state index in [9.17, 15) is 22.4 Å². The monoisotopic (exact) mass is 443 g/mol. The topological polar surface area (TPSA) is 75.1 Å². The number of nitrogens with one attached hydrogen (secondary N) is 1. The van der Waals surface area contributed by atoms with E-state index in [4.69, 9.17) is 5.11 Å². The number of carbonyl (C=O) groups is 1. The van der Waals surface area contributed by atoms with E-state index in [1.807, 2.05) is 0 Å². The maximum Gasteiger partial charge on any atom is 0.307 e. The molecule has 9 heteroatoms. The van der Waals surface area contributed by atoms with Crippen LogP contribution in [0.1, 0.15) is 41.6 Å². The summed E-state index contributed by atoms with van der Waals surface area (Å²) in [6.07, 6.45) is 4.32. The molecule has 2 aromatic carbocycles. The Balaban J connectivity index is 1.42. The lowest BCUT2D eigenvalue weighted by atomic mass is 9.95. The van der Waals surface area contributed by atoms with E-state index >= 15 is 0 Å². The van der Waals surface area contributed by atoms with Gasteiger partial charge in [0, 0.05) is 23.6 Å². The van der Waals surface area contributed by atoms with Gasteiger partial charge in [0.1, 0.15) is 29.1 Å². The van der Waals surface area contributed by atoms with Gasteiger partial charge in [-0.3, -0.25) is 9.78 Å². The highest BCUT2D eigenvalue weighted by atomic mass is 19.1. The summed E-state index contributed by atoms with van der Waals surface area (Å²) in [7, 11) is 0. The largest absolute Gasteiger partial charge is 0.481 e. The SMILES string of the molecule is O=C(O)[C@H]1C[C@@H]1c1cnc(N[C@@H]2CCc3c(-c4c(F)cc(F)cc4F)ccc(F)c32)cn1. The molecule has 0 saturated heterocycles. The molecule has 0 radical (unpaired) electrons. The number of benzene rings is 2. The minimum atomic E-state index is -1.05. The second kappa shape index (κ2) is 7.58. The summed E-state index contributed by atoms with van der Waals surface area (Å²) in [6, 6.07) is 3.16. The lowest BCUT2D eigenvalue weighted by Crippen LogP contribution is -2.11. The summed E-state index contributed by atoms with van der Waals surface area (Å²) in [6.45, 7) is 0. The number of anilines is 1. The Bertz CT molecular complexity index is 1210. The molecule has 0 unspecified atom stereocenters. The fourth-order valence-corrected chi connectivity index (χ4v) is 4.47. The fourth-order valence-electron chi connectivity index (χ4n) is 4.47. The molecular formula is C23H17F4N3O2. The highest BCUT2D eigenvalue weighted by Crippen LogP contribution is 2.47. The number of aliphatic carboxylic acids is 1. The molecule has 2 N–H and O–H groups in total. The maximum absolute atomic E-state index is 14.7. The molecule has 0 amide bonds. The highest BCUT2D eigenvalue weighted by molar-refractivity contribution is 5.75. The molecule has 2 aliphatic carbocycles. The number of carboxylic acid groups (broad SMARTS) is 1. The zero-order valence-corrected chi connectivity index (χ0v) is 16.6. The van der Waals surface area contributed by atoms with E-state index in [-0.39, 0.29) is 22.6 Å². The quantitative estimate of drug-likeness (QED) is 0.544. The molecule has 0 spiro atoms. The van der Waals surface area contributed by atoms with Crippen LogP contribution in [0.15, 0.2) is 36.7 Å². The van der Waals surface area contributed by atoms with Gasteiger partial charge in [0.2, 0.25) is 0 Å². The Hall–Kier alpha value is -3.49. The Labute approximate surface area is 180 Å². The van der Waals surface area contributed by atoms with Crippen molar-refractivity contribution in [3.63, 3.8) is 0 Å². The van der Waals surface area contributed by atoms with E-state index in [1.165, 1.54) is 18.5 Å². The van der Waals surface area contributed by atoms with Crippen LogP contribution in [0.3, 0.4) is 0 Å². The number of carboxylic acids is 1. The van der Waals surface area contributed by atoms with Crippen molar-refractivity contribution in [3.8, 4) is 11.1 Å². The van der Waals surface area contributed by atoms with Crippen LogP contribution in [0.2, 0.25) is 0 Å². The third-order valence-corrected chi connectivity index (χ3v) is 6.09. The second-order valence-corrected chi connectivity index (χ2v) is 8.08. The van der Waals surface area contributed by atoms with Crippen molar-refractivity contribution >= 4 is 11.8 Å². The van der Waals surface area contributed by atoms with Gasteiger partial charge in [-0.15, -0.1) is 0 Å². The molecule has 1 saturated carbocycles. The van der Waals surface area contributed by atoms with Gasteiger partial charge < -0.3 is 10.4 Å². The average Bonchev–Trinajstić information content (AvgIpc) is 3.44. The van der Waals surface area contributed by atoms with Gasteiger partial charge in [-0.2, -0.15) is 0 Å². The summed E-state index contributed by atoms with van der Waals surface area (Å²) >= 11 is 0. The summed E-state index contributed by atoms with van der Waals surface area (Å²) in [4.78, 5) is 19.6. The van der Waals surface area contributed by atoms with Gasteiger partial charge in [-0.1, -0.05) is 6.07 Å². The molecule has 2 aliphatic rings. The number of hydrogen-bond acceptors (Lipinski definition) is 4. The number of nitrogens with zero attached hydrogens (tertiary/aromatic N) is 2. The van der Waals surface area contributed by atoms with Crippen molar-refractivity contribution in [3.05, 3.63) is 76.7 Å². The lowest BCUT2D eigenvalue weighted by Gasteiger charge is -2.17. The molecule has 3 aromatic rings. The summed E-state index contributed by atoms with van der Waals surface area (Å²) in [5.41, 5.74) is 1.13. The second-order valence-electron chi connectivity index (χ2n) is 8.08. The molecule has 0 aliphatic heterocycles. The fraction of sp³-hybridized carbons (Fsp3) is 0.261. The Morgan fingerprint density at radius 3 is 2.41 bits per heavy atom. The first-order chi connectivity index (χ1) is 15.3. The first-order valence-corrected chi connectivity index (χ1v) is 10.1. The summed E-state index contributed by atoms with van der Waals surface area (Å²) in [5.74, 6) is -4.71. The minimum absolute atomic E-state index is 0.151. The summed E-state index contributed by atoms with van der Waals surface area (Å²) in [5, 5.41) is 12.1. The summed E-state index contributed by atoms with van der Waals surface area (Å²) < 4.78 is 56.7. The first kappa shape index (κ1) is 20.4. The Kier molecular flexibility index (Phi) is 4.83. The van der Waals surface area contributed by atoms with E-state index in [0.717, 1.165) is 6.07 Å². The van der Waals surface area contributed by atoms with E-state index in [1.54, 1.807) is 0 Å². The molecule has 32 heavy (non-hydrogen) atoms. The van der Waals surface area contributed by atoms with Crippen molar-refractivity contribution < 1.29 is 27.5 Å². The smallest absolute Gasteiger partial charge is 0.307 e. The van der Waals surface area contributed by atoms with Crippen molar-refractivity contribution in [2.75, 3.05) is 5.32 Å². The molecule has 1 fully saturated rings. The number of hydrogen-bond donors (Lipinski definition) is 2. The van der Waals surface area contributed by atoms with E-state index < -0.39 is 41.2 Å². The van der Waals surface area contributed by atoms with Crippen LogP contribution in [-0.2, 0) is 11.2 Å². The number of aromatic nitrogens is 2. The number of halogens is 4. The maximum atomic E-state index is 14.7. The third kappa shape index (κ3) is 3.47. The first-order valence-electron chi connectivity index (χ1n) is 10.1. The van der Waals surface area contributed by atoms with E-state index in [0.29, 0.717) is 48.5 Å². The van der Waals surface area contributed by atoms with Gasteiger partial charge >= 0.3 is 5.97 Å². The van der Waals surface area contributed by atoms with Crippen LogP contribution in [0.5, 0.6) is 0 Å². The van der Waals surface area contributed by atoms with Crippen LogP contribution < -0.4 is 5.32 Å². The predicted molar refractivity (Wildman–Crippen MR) is 107 cm³/mol. The van der Waals surface area contributed by atoms with Crippen LogP contribution in [0.25, 0.3) is 11.1 Å². The average molecular weight is 443 g/mol. The number of rotatable bonds is 5. The highest BCUT2D eigenvalue weighted by Gasteiger charge is 2.45. The number of fused-ring (bicyclic) bond motifs is 1. The van der Waals surface area contributed by atoms with Crippen LogP contribution in [0.4, 0.5) is 23.4 Å². The van der Waals surface area contributed by atoms with Crippen molar-refractivity contribution in [2.24, 2.45) is 5.92 Å². The zero-order valence-electron chi connectivity index (χ0n) is 16.6. The van der Waals surface area contributed by atoms with Crippen LogP contribution >= 0.6 is 0 Å². The van der Waals surface area contributed by atoms with Crippen molar-refractivity contribution in [2.45, 2.75) is 31.2 Å². The van der Waals surface area contributed by atoms with Gasteiger partial charge in [0.05, 0.1) is 35.6 Å². The van der Waals surface area contributed by atoms with Crippen molar-refractivity contribution in [1.82, 2.24) is 9.97 Å². The van der Waals surface area contributed by atoms with Gasteiger partial charge in [-0.25, -0.2) is 22.5 Å².